The fourth-order valence-electron chi connectivity index (χ4n) is 11.1. The molecule has 1 heterocycles. The van der Waals surface area contributed by atoms with Crippen LogP contribution in [-0.2, 0) is 24.0 Å². The van der Waals surface area contributed by atoms with Crippen LogP contribution in [0.5, 0.6) is 0 Å². The Labute approximate surface area is 325 Å². The SMILES string of the molecule is CCCCCCCCCCCCCCCC(=O)OCC(=O)[C@@]12ON(c3ccc(Cl)cc3)C[C@@H]1C[C@H]1[C@@H]3C[C@H](F)C4=CC(=O)C=C[C@]4(C)[C@@]3(F)[C@@H](O)C[C@@]12C. The smallest absolute Gasteiger partial charge is 0.306 e. The minimum Gasteiger partial charge on any atom is -0.458 e. The average Bonchev–Trinajstić information content (AvgIpc) is 3.64. The number of aliphatic hydroxyl groups is 1. The summed E-state index contributed by atoms with van der Waals surface area (Å²) >= 11 is 6.17. The first-order chi connectivity index (χ1) is 25.8. The highest BCUT2D eigenvalue weighted by molar-refractivity contribution is 6.30. The summed E-state index contributed by atoms with van der Waals surface area (Å²) in [6.45, 7) is 5.44. The number of ether oxygens (including phenoxy) is 1. The van der Waals surface area contributed by atoms with Crippen LogP contribution in [0, 0.1) is 28.6 Å². The Morgan fingerprint density at radius 2 is 1.56 bits per heavy atom. The van der Waals surface area contributed by atoms with Gasteiger partial charge in [0.2, 0.25) is 5.78 Å². The van der Waals surface area contributed by atoms with E-state index in [0.29, 0.717) is 30.1 Å². The number of alkyl halides is 2. The van der Waals surface area contributed by atoms with Gasteiger partial charge in [-0.2, -0.15) is 0 Å². The molecule has 9 atom stereocenters. The van der Waals surface area contributed by atoms with Crippen molar-refractivity contribution in [3.8, 4) is 0 Å². The van der Waals surface area contributed by atoms with Crippen molar-refractivity contribution in [3.63, 3.8) is 0 Å². The Balaban J connectivity index is 1.11. The number of carbonyl (C=O) groups excluding carboxylic acids is 3. The number of rotatable bonds is 18. The van der Waals surface area contributed by atoms with Crippen LogP contribution >= 0.6 is 11.6 Å². The highest BCUT2D eigenvalue weighted by Crippen LogP contribution is 2.72. The van der Waals surface area contributed by atoms with Gasteiger partial charge in [0.15, 0.2) is 23.7 Å². The van der Waals surface area contributed by atoms with Gasteiger partial charge in [-0.15, -0.1) is 0 Å². The minimum atomic E-state index is -2.28. The molecule has 3 saturated carbocycles. The van der Waals surface area contributed by atoms with Crippen LogP contribution < -0.4 is 5.06 Å². The van der Waals surface area contributed by atoms with Gasteiger partial charge in [0.1, 0.15) is 6.17 Å². The number of ketones is 2. The van der Waals surface area contributed by atoms with Crippen molar-refractivity contribution in [2.45, 2.75) is 153 Å². The van der Waals surface area contributed by atoms with Gasteiger partial charge in [-0.25, -0.2) is 8.78 Å². The number of hydrogen-bond acceptors (Lipinski definition) is 7. The number of hydrogen-bond donors (Lipinski definition) is 1. The van der Waals surface area contributed by atoms with E-state index in [9.17, 15) is 19.5 Å². The number of halogens is 3. The third kappa shape index (κ3) is 7.35. The highest BCUT2D eigenvalue weighted by Gasteiger charge is 2.79. The molecule has 0 bridgehead atoms. The number of hydroxylamine groups is 1. The van der Waals surface area contributed by atoms with Crippen molar-refractivity contribution >= 4 is 34.8 Å². The first kappa shape index (κ1) is 41.0. The van der Waals surface area contributed by atoms with Gasteiger partial charge in [-0.05, 0) is 80.5 Å². The number of unbranched alkanes of at least 4 members (excludes halogenated alkanes) is 12. The van der Waals surface area contributed by atoms with Crippen LogP contribution in [0.4, 0.5) is 14.5 Å². The fraction of sp³-hybridized carbons (Fsp3) is 0.705. The highest BCUT2D eigenvalue weighted by atomic mass is 35.5. The van der Waals surface area contributed by atoms with Crippen LogP contribution in [-0.4, -0.2) is 59.3 Å². The molecule has 4 aliphatic carbocycles. The second kappa shape index (κ2) is 16.9. The monoisotopic (exact) mass is 771 g/mol. The van der Waals surface area contributed by atoms with Crippen LogP contribution in [0.3, 0.4) is 0 Å². The quantitative estimate of drug-likeness (QED) is 0.117. The molecule has 0 amide bonds. The van der Waals surface area contributed by atoms with Crippen LogP contribution in [0.2, 0.25) is 5.02 Å². The van der Waals surface area contributed by atoms with Gasteiger partial charge in [-0.3, -0.25) is 24.3 Å². The summed E-state index contributed by atoms with van der Waals surface area (Å²) in [4.78, 5) is 46.6. The standard InChI is InChI=1S/C44H60ClF2NO6/c1-4-5-6-7-8-9-10-11-12-13-14-15-16-17-40(52)53-29-39(51)44-30(28-48(54-44)32-20-18-31(45)19-21-32)24-34-35-26-37(46)36-25-33(49)22-23-41(36,2)43(35,47)38(50)27-42(34,44)3/h18-23,25,30,34-35,37-38,50H,4-17,24,26-29H2,1-3H3/t30-,34-,35-,37-,38-,41-,42-,43-,44-/m0/s1. The van der Waals surface area contributed by atoms with E-state index >= 15 is 8.78 Å². The van der Waals surface area contributed by atoms with Crippen LogP contribution in [0.1, 0.15) is 130 Å². The molecule has 10 heteroatoms. The lowest BCUT2D eigenvalue weighted by atomic mass is 9.44. The average molecular weight is 772 g/mol. The number of anilines is 1. The Morgan fingerprint density at radius 3 is 2.19 bits per heavy atom. The van der Waals surface area contributed by atoms with Crippen molar-refractivity contribution < 1.29 is 37.8 Å². The normalized spacial score (nSPS) is 35.2. The maximum absolute atomic E-state index is 17.9. The summed E-state index contributed by atoms with van der Waals surface area (Å²) in [6, 6.07) is 7.04. The molecule has 298 valence electrons. The van der Waals surface area contributed by atoms with Crippen molar-refractivity contribution in [3.05, 3.63) is 53.1 Å². The molecule has 1 aromatic carbocycles. The van der Waals surface area contributed by atoms with Crippen molar-refractivity contribution in [2.24, 2.45) is 28.6 Å². The third-order valence-electron chi connectivity index (χ3n) is 14.0. The molecule has 1 aromatic rings. The maximum Gasteiger partial charge on any atom is 0.306 e. The van der Waals surface area contributed by atoms with E-state index in [0.717, 1.165) is 19.3 Å². The Hall–Kier alpha value is -2.62. The Kier molecular flexibility index (Phi) is 12.8. The first-order valence-electron chi connectivity index (χ1n) is 20.7. The van der Waals surface area contributed by atoms with Gasteiger partial charge in [0.05, 0.1) is 18.3 Å². The molecule has 1 saturated heterocycles. The summed E-state index contributed by atoms with van der Waals surface area (Å²) in [7, 11) is 0. The molecule has 7 nitrogen and oxygen atoms in total. The predicted molar refractivity (Wildman–Crippen MR) is 206 cm³/mol. The van der Waals surface area contributed by atoms with Gasteiger partial charge >= 0.3 is 5.97 Å². The second-order valence-electron chi connectivity index (χ2n) is 17.2. The molecule has 1 N–H and O–H groups in total. The van der Waals surface area contributed by atoms with E-state index in [1.165, 1.54) is 76.0 Å². The zero-order chi connectivity index (χ0) is 38.7. The second-order valence-corrected chi connectivity index (χ2v) is 17.7. The summed E-state index contributed by atoms with van der Waals surface area (Å²) < 4.78 is 39.5. The summed E-state index contributed by atoms with van der Waals surface area (Å²) in [5, 5.41) is 14.1. The molecule has 0 radical (unpaired) electrons. The molecule has 0 aromatic heterocycles. The Bertz CT molecular complexity index is 1580. The van der Waals surface area contributed by atoms with E-state index in [1.807, 2.05) is 6.92 Å². The zero-order valence-electron chi connectivity index (χ0n) is 32.4. The molecule has 0 spiro atoms. The number of benzene rings is 1. The molecular formula is C44H60ClF2NO6. The molecule has 4 fully saturated rings. The topological polar surface area (TPSA) is 93.1 Å². The number of aliphatic hydroxyl groups excluding tert-OH is 1. The molecule has 0 unspecified atom stereocenters. The van der Waals surface area contributed by atoms with Gasteiger partial charge in [0, 0.05) is 34.1 Å². The number of allylic oxidation sites excluding steroid dienone is 4. The van der Waals surface area contributed by atoms with Gasteiger partial charge < -0.3 is 9.84 Å². The van der Waals surface area contributed by atoms with Crippen LogP contribution in [0.25, 0.3) is 0 Å². The fourth-order valence-corrected chi connectivity index (χ4v) is 11.2. The van der Waals surface area contributed by atoms with E-state index in [4.69, 9.17) is 21.2 Å². The zero-order valence-corrected chi connectivity index (χ0v) is 33.2. The number of fused-ring (bicyclic) bond motifs is 7. The predicted octanol–water partition coefficient (Wildman–Crippen LogP) is 9.97. The molecule has 5 aliphatic rings. The molecule has 1 aliphatic heterocycles. The summed E-state index contributed by atoms with van der Waals surface area (Å²) in [6.07, 6.45) is 16.4. The molecular weight excluding hydrogens is 712 g/mol. The van der Waals surface area contributed by atoms with Crippen molar-refractivity contribution in [2.75, 3.05) is 18.2 Å². The first-order valence-corrected chi connectivity index (χ1v) is 21.1. The maximum atomic E-state index is 17.9. The number of carbonyl (C=O) groups is 3. The minimum absolute atomic E-state index is 0.0564. The number of esters is 1. The van der Waals surface area contributed by atoms with E-state index in [2.05, 4.69) is 6.92 Å². The largest absolute Gasteiger partial charge is 0.458 e. The van der Waals surface area contributed by atoms with Gasteiger partial charge in [0.25, 0.3) is 0 Å². The van der Waals surface area contributed by atoms with E-state index < -0.39 is 76.3 Å². The Morgan fingerprint density at radius 1 is 0.944 bits per heavy atom. The summed E-state index contributed by atoms with van der Waals surface area (Å²) in [5.74, 6) is -3.22. The van der Waals surface area contributed by atoms with Crippen molar-refractivity contribution in [1.82, 2.24) is 0 Å². The number of Topliss-reactive ketones (excluding diaryl/α,β-unsaturated/α-hetero) is 1. The molecule has 6 rings (SSSR count). The lowest BCUT2D eigenvalue weighted by Crippen LogP contribution is -2.70. The lowest BCUT2D eigenvalue weighted by Gasteiger charge is -2.63. The number of nitrogens with zero attached hydrogens (tertiary/aromatic N) is 1. The third-order valence-corrected chi connectivity index (χ3v) is 14.3. The molecule has 54 heavy (non-hydrogen) atoms. The summed E-state index contributed by atoms with van der Waals surface area (Å²) in [5.41, 5.74) is -5.75. The van der Waals surface area contributed by atoms with Crippen LogP contribution in [0.15, 0.2) is 48.1 Å². The van der Waals surface area contributed by atoms with Crippen molar-refractivity contribution in [1.29, 1.82) is 0 Å². The lowest BCUT2D eigenvalue weighted by molar-refractivity contribution is -0.228. The van der Waals surface area contributed by atoms with Gasteiger partial charge in [-0.1, -0.05) is 109 Å². The van der Waals surface area contributed by atoms with E-state index in [-0.39, 0.29) is 24.8 Å². The van der Waals surface area contributed by atoms with E-state index in [1.54, 1.807) is 36.3 Å².